The summed E-state index contributed by atoms with van der Waals surface area (Å²) in [5.41, 5.74) is 2.63. The summed E-state index contributed by atoms with van der Waals surface area (Å²) in [5, 5.41) is 7.73. The Labute approximate surface area is 160 Å². The minimum Gasteiger partial charge on any atom is -0.493 e. The van der Waals surface area contributed by atoms with E-state index in [4.69, 9.17) is 9.15 Å². The predicted molar refractivity (Wildman–Crippen MR) is 110 cm³/mol. The van der Waals surface area contributed by atoms with Crippen molar-refractivity contribution in [3.63, 3.8) is 0 Å². The van der Waals surface area contributed by atoms with Gasteiger partial charge in [0.2, 0.25) is 4.80 Å². The van der Waals surface area contributed by atoms with Gasteiger partial charge < -0.3 is 9.15 Å². The van der Waals surface area contributed by atoms with E-state index in [1.54, 1.807) is 17.9 Å². The first-order chi connectivity index (χ1) is 13.3. The van der Waals surface area contributed by atoms with Gasteiger partial charge in [-0.05, 0) is 31.2 Å². The Kier molecular flexibility index (Phi) is 4.89. The van der Waals surface area contributed by atoms with Gasteiger partial charge in [0.25, 0.3) is 0 Å². The molecule has 0 aliphatic carbocycles. The zero-order chi connectivity index (χ0) is 18.6. The van der Waals surface area contributed by atoms with E-state index in [0.717, 1.165) is 38.5 Å². The first kappa shape index (κ1) is 17.3. The highest BCUT2D eigenvalue weighted by atomic mass is 32.1. The monoisotopic (exact) mass is 377 g/mol. The molecule has 0 bridgehead atoms. The average Bonchev–Trinajstić information content (AvgIpc) is 3.30. The Morgan fingerprint density at radius 2 is 1.96 bits per heavy atom. The summed E-state index contributed by atoms with van der Waals surface area (Å²) < 4.78 is 13.5. The van der Waals surface area contributed by atoms with Crippen molar-refractivity contribution in [1.82, 2.24) is 4.68 Å². The van der Waals surface area contributed by atoms with Crippen molar-refractivity contribution in [1.29, 1.82) is 0 Å². The molecule has 0 amide bonds. The molecule has 4 rings (SSSR count). The number of para-hydroxylation sites is 2. The van der Waals surface area contributed by atoms with Crippen molar-refractivity contribution in [2.24, 2.45) is 10.1 Å². The van der Waals surface area contributed by atoms with Crippen LogP contribution in [0.25, 0.3) is 22.4 Å². The molecular formula is C21H19N3O2S. The molecule has 2 aromatic heterocycles. The van der Waals surface area contributed by atoms with Gasteiger partial charge in [-0.3, -0.25) is 4.99 Å². The minimum absolute atomic E-state index is 0.607. The number of hydrogen-bond donors (Lipinski definition) is 0. The van der Waals surface area contributed by atoms with Gasteiger partial charge >= 0.3 is 0 Å². The fourth-order valence-electron chi connectivity index (χ4n) is 2.84. The molecule has 0 saturated heterocycles. The SMILES string of the molecule is CCOc1ccccc1C=Nn1c(-c2cc3ccccc3o2)csc1=NC. The number of furan rings is 1. The van der Waals surface area contributed by atoms with E-state index in [-0.39, 0.29) is 0 Å². The fraction of sp³-hybridized carbons (Fsp3) is 0.143. The quantitative estimate of drug-likeness (QED) is 0.470. The Morgan fingerprint density at radius 3 is 2.78 bits per heavy atom. The first-order valence-electron chi connectivity index (χ1n) is 8.68. The van der Waals surface area contributed by atoms with Gasteiger partial charge in [-0.2, -0.15) is 5.10 Å². The Balaban J connectivity index is 1.78. The topological polar surface area (TPSA) is 52.0 Å². The molecule has 5 nitrogen and oxygen atoms in total. The molecule has 0 aliphatic rings. The number of thiazole rings is 1. The Hall–Kier alpha value is -3.12. The molecule has 0 atom stereocenters. The standard InChI is InChI=1S/C21H19N3O2S/c1-3-25-18-10-6-5-9-16(18)13-23-24-17(14-27-21(24)22-2)20-12-15-8-4-7-11-19(15)26-20/h4-14H,3H2,1-2H3. The van der Waals surface area contributed by atoms with E-state index >= 15 is 0 Å². The van der Waals surface area contributed by atoms with E-state index in [9.17, 15) is 0 Å². The fourth-order valence-corrected chi connectivity index (χ4v) is 3.62. The number of ether oxygens (including phenoxy) is 1. The van der Waals surface area contributed by atoms with E-state index in [1.165, 1.54) is 11.3 Å². The summed E-state index contributed by atoms with van der Waals surface area (Å²) in [5.74, 6) is 1.57. The van der Waals surface area contributed by atoms with Crippen LogP contribution in [0.1, 0.15) is 12.5 Å². The highest BCUT2D eigenvalue weighted by molar-refractivity contribution is 7.07. The minimum atomic E-state index is 0.607. The Bertz CT molecular complexity index is 1130. The normalized spacial score (nSPS) is 12.3. The van der Waals surface area contributed by atoms with Crippen LogP contribution in [0.2, 0.25) is 0 Å². The van der Waals surface area contributed by atoms with Crippen molar-refractivity contribution >= 4 is 28.5 Å². The maximum absolute atomic E-state index is 6.01. The number of nitrogens with zero attached hydrogens (tertiary/aromatic N) is 3. The second-order valence-electron chi connectivity index (χ2n) is 5.80. The molecule has 4 aromatic rings. The van der Waals surface area contributed by atoms with Crippen LogP contribution in [0.4, 0.5) is 0 Å². The van der Waals surface area contributed by atoms with E-state index in [2.05, 4.69) is 10.1 Å². The number of benzene rings is 2. The summed E-state index contributed by atoms with van der Waals surface area (Å²) in [4.78, 5) is 5.12. The van der Waals surface area contributed by atoms with Crippen LogP contribution in [0.3, 0.4) is 0 Å². The molecule has 0 N–H and O–H groups in total. The molecule has 27 heavy (non-hydrogen) atoms. The highest BCUT2D eigenvalue weighted by Gasteiger charge is 2.12. The lowest BCUT2D eigenvalue weighted by Crippen LogP contribution is -2.11. The van der Waals surface area contributed by atoms with Gasteiger partial charge in [0.05, 0.1) is 12.8 Å². The van der Waals surface area contributed by atoms with Crippen LogP contribution < -0.4 is 9.54 Å². The molecule has 2 aromatic carbocycles. The van der Waals surface area contributed by atoms with Crippen LogP contribution >= 0.6 is 11.3 Å². The summed E-state index contributed by atoms with van der Waals surface area (Å²) in [6.07, 6.45) is 1.79. The lowest BCUT2D eigenvalue weighted by molar-refractivity contribution is 0.340. The maximum Gasteiger partial charge on any atom is 0.206 e. The Morgan fingerprint density at radius 1 is 1.15 bits per heavy atom. The van der Waals surface area contributed by atoms with Gasteiger partial charge in [-0.15, -0.1) is 11.3 Å². The highest BCUT2D eigenvalue weighted by Crippen LogP contribution is 2.28. The molecule has 136 valence electrons. The van der Waals surface area contributed by atoms with Crippen LogP contribution in [0.15, 0.2) is 74.5 Å². The molecule has 0 unspecified atom stereocenters. The summed E-state index contributed by atoms with van der Waals surface area (Å²) in [7, 11) is 1.76. The number of rotatable bonds is 5. The molecule has 6 heteroatoms. The maximum atomic E-state index is 6.01. The molecule has 0 radical (unpaired) electrons. The van der Waals surface area contributed by atoms with Gasteiger partial charge in [0, 0.05) is 23.4 Å². The van der Waals surface area contributed by atoms with Crippen molar-refractivity contribution in [3.8, 4) is 17.2 Å². The van der Waals surface area contributed by atoms with Crippen LogP contribution in [0, 0.1) is 0 Å². The second kappa shape index (κ2) is 7.63. The average molecular weight is 377 g/mol. The first-order valence-corrected chi connectivity index (χ1v) is 9.56. The summed E-state index contributed by atoms with van der Waals surface area (Å²) >= 11 is 1.52. The summed E-state index contributed by atoms with van der Waals surface area (Å²) in [6.45, 7) is 2.57. The van der Waals surface area contributed by atoms with Crippen LogP contribution in [-0.2, 0) is 0 Å². The number of aromatic nitrogens is 1. The third kappa shape index (κ3) is 3.44. The van der Waals surface area contributed by atoms with Crippen molar-refractivity contribution in [2.75, 3.05) is 13.7 Å². The van der Waals surface area contributed by atoms with Gasteiger partial charge in [0.1, 0.15) is 17.0 Å². The third-order valence-electron chi connectivity index (χ3n) is 4.09. The zero-order valence-corrected chi connectivity index (χ0v) is 15.9. The number of fused-ring (bicyclic) bond motifs is 1. The van der Waals surface area contributed by atoms with Crippen molar-refractivity contribution < 1.29 is 9.15 Å². The van der Waals surface area contributed by atoms with Crippen LogP contribution in [-0.4, -0.2) is 24.5 Å². The molecule has 0 spiro atoms. The second-order valence-corrected chi connectivity index (χ2v) is 6.64. The van der Waals surface area contributed by atoms with E-state index in [1.807, 2.05) is 66.9 Å². The molecule has 0 saturated carbocycles. The predicted octanol–water partition coefficient (Wildman–Crippen LogP) is 4.77. The van der Waals surface area contributed by atoms with E-state index in [0.29, 0.717) is 6.61 Å². The lowest BCUT2D eigenvalue weighted by Gasteiger charge is -2.06. The van der Waals surface area contributed by atoms with Crippen molar-refractivity contribution in [2.45, 2.75) is 6.92 Å². The van der Waals surface area contributed by atoms with Crippen molar-refractivity contribution in [3.05, 3.63) is 70.3 Å². The van der Waals surface area contributed by atoms with Crippen LogP contribution in [0.5, 0.6) is 5.75 Å². The largest absolute Gasteiger partial charge is 0.493 e. The van der Waals surface area contributed by atoms with Gasteiger partial charge in [0.15, 0.2) is 5.76 Å². The van der Waals surface area contributed by atoms with Gasteiger partial charge in [-0.25, -0.2) is 4.68 Å². The molecule has 0 aliphatic heterocycles. The number of hydrogen-bond acceptors (Lipinski definition) is 5. The summed E-state index contributed by atoms with van der Waals surface area (Å²) in [6, 6.07) is 17.8. The van der Waals surface area contributed by atoms with Gasteiger partial charge in [-0.1, -0.05) is 30.3 Å². The molecule has 0 fully saturated rings. The zero-order valence-electron chi connectivity index (χ0n) is 15.1. The third-order valence-corrected chi connectivity index (χ3v) is 4.99. The smallest absolute Gasteiger partial charge is 0.206 e. The molecule has 2 heterocycles. The molecular weight excluding hydrogens is 358 g/mol. The van der Waals surface area contributed by atoms with E-state index < -0.39 is 0 Å². The lowest BCUT2D eigenvalue weighted by atomic mass is 10.2.